The Morgan fingerprint density at radius 1 is 1.55 bits per heavy atom. The summed E-state index contributed by atoms with van der Waals surface area (Å²) in [5.74, 6) is 0.218. The first-order valence-electron chi connectivity index (χ1n) is 6.98. The summed E-state index contributed by atoms with van der Waals surface area (Å²) >= 11 is 6.17. The Morgan fingerprint density at radius 3 is 2.90 bits per heavy atom. The SMILES string of the molecule is COC1CN(C(CN)c2ccc(F)cc2Cl)CCC1C. The first-order valence-corrected chi connectivity index (χ1v) is 7.36. The fourth-order valence-electron chi connectivity index (χ4n) is 2.89. The van der Waals surface area contributed by atoms with Crippen molar-refractivity contribution in [1.29, 1.82) is 0 Å². The topological polar surface area (TPSA) is 38.5 Å². The molecule has 3 atom stereocenters. The van der Waals surface area contributed by atoms with Crippen molar-refractivity contribution < 1.29 is 9.13 Å². The second-order valence-corrected chi connectivity index (χ2v) is 5.86. The molecule has 1 aliphatic rings. The molecule has 0 aliphatic carbocycles. The lowest BCUT2D eigenvalue weighted by molar-refractivity contribution is -0.0183. The van der Waals surface area contributed by atoms with Gasteiger partial charge < -0.3 is 10.5 Å². The summed E-state index contributed by atoms with van der Waals surface area (Å²) in [4.78, 5) is 2.29. The Labute approximate surface area is 124 Å². The maximum Gasteiger partial charge on any atom is 0.124 e. The van der Waals surface area contributed by atoms with Gasteiger partial charge in [0, 0.05) is 31.3 Å². The minimum Gasteiger partial charge on any atom is -0.380 e. The highest BCUT2D eigenvalue weighted by atomic mass is 35.5. The normalized spacial score (nSPS) is 25.6. The van der Waals surface area contributed by atoms with Gasteiger partial charge in [-0.25, -0.2) is 4.39 Å². The maximum atomic E-state index is 13.2. The molecule has 20 heavy (non-hydrogen) atoms. The molecule has 3 nitrogen and oxygen atoms in total. The minimum absolute atomic E-state index is 0.00764. The largest absolute Gasteiger partial charge is 0.380 e. The van der Waals surface area contributed by atoms with Crippen LogP contribution in [0.15, 0.2) is 18.2 Å². The van der Waals surface area contributed by atoms with Crippen LogP contribution in [0.1, 0.15) is 24.9 Å². The fraction of sp³-hybridized carbons (Fsp3) is 0.600. The summed E-state index contributed by atoms with van der Waals surface area (Å²) in [5.41, 5.74) is 6.82. The highest BCUT2D eigenvalue weighted by molar-refractivity contribution is 6.31. The van der Waals surface area contributed by atoms with Gasteiger partial charge in [-0.2, -0.15) is 0 Å². The van der Waals surface area contributed by atoms with E-state index in [0.29, 0.717) is 17.5 Å². The molecular weight excluding hydrogens is 279 g/mol. The Hall–Kier alpha value is -0.680. The number of nitrogens with zero attached hydrogens (tertiary/aromatic N) is 1. The van der Waals surface area contributed by atoms with Gasteiger partial charge in [0.2, 0.25) is 0 Å². The molecule has 1 aromatic rings. The lowest BCUT2D eigenvalue weighted by atomic mass is 9.93. The van der Waals surface area contributed by atoms with E-state index in [1.54, 1.807) is 13.2 Å². The van der Waals surface area contributed by atoms with Crippen LogP contribution < -0.4 is 5.73 Å². The number of ether oxygens (including phenoxy) is 1. The van der Waals surface area contributed by atoms with Crippen molar-refractivity contribution in [3.05, 3.63) is 34.6 Å². The fourth-order valence-corrected chi connectivity index (χ4v) is 3.19. The standard InChI is InChI=1S/C15H22ClFN2O/c1-10-5-6-19(9-15(10)20-2)14(8-18)12-4-3-11(17)7-13(12)16/h3-4,7,10,14-15H,5-6,8-9,18H2,1-2H3. The van der Waals surface area contributed by atoms with Gasteiger partial charge in [0.1, 0.15) is 5.82 Å². The molecule has 112 valence electrons. The predicted molar refractivity (Wildman–Crippen MR) is 79.4 cm³/mol. The zero-order valence-corrected chi connectivity index (χ0v) is 12.7. The molecule has 2 rings (SSSR count). The van der Waals surface area contributed by atoms with Crippen LogP contribution in [-0.2, 0) is 4.74 Å². The first kappa shape index (κ1) is 15.7. The Bertz CT molecular complexity index is 457. The van der Waals surface area contributed by atoms with E-state index in [1.807, 2.05) is 0 Å². The van der Waals surface area contributed by atoms with Gasteiger partial charge in [0.25, 0.3) is 0 Å². The molecule has 1 aliphatic heterocycles. The predicted octanol–water partition coefficient (Wildman–Crippen LogP) is 2.84. The van der Waals surface area contributed by atoms with Gasteiger partial charge >= 0.3 is 0 Å². The van der Waals surface area contributed by atoms with Crippen LogP contribution in [0.4, 0.5) is 4.39 Å². The van der Waals surface area contributed by atoms with Crippen molar-refractivity contribution in [2.45, 2.75) is 25.5 Å². The number of hydrogen-bond donors (Lipinski definition) is 1. The maximum absolute atomic E-state index is 13.2. The number of piperidine rings is 1. The summed E-state index contributed by atoms with van der Waals surface area (Å²) in [6.45, 7) is 4.44. The number of likely N-dealkylation sites (tertiary alicyclic amines) is 1. The third kappa shape index (κ3) is 3.31. The van der Waals surface area contributed by atoms with Crippen LogP contribution in [-0.4, -0.2) is 37.7 Å². The van der Waals surface area contributed by atoms with E-state index in [-0.39, 0.29) is 18.0 Å². The Morgan fingerprint density at radius 2 is 2.30 bits per heavy atom. The van der Waals surface area contributed by atoms with E-state index in [9.17, 15) is 4.39 Å². The summed E-state index contributed by atoms with van der Waals surface area (Å²) in [6, 6.07) is 4.52. The minimum atomic E-state index is -0.323. The van der Waals surface area contributed by atoms with Crippen molar-refractivity contribution in [1.82, 2.24) is 4.90 Å². The molecule has 0 amide bonds. The smallest absolute Gasteiger partial charge is 0.124 e. The van der Waals surface area contributed by atoms with Crippen molar-refractivity contribution in [2.75, 3.05) is 26.7 Å². The molecule has 1 heterocycles. The van der Waals surface area contributed by atoms with Crippen molar-refractivity contribution in [2.24, 2.45) is 11.7 Å². The summed E-state index contributed by atoms with van der Waals surface area (Å²) in [7, 11) is 1.74. The highest BCUT2D eigenvalue weighted by Gasteiger charge is 2.31. The van der Waals surface area contributed by atoms with Crippen LogP contribution in [0.3, 0.4) is 0 Å². The van der Waals surface area contributed by atoms with Crippen LogP contribution in [0.2, 0.25) is 5.02 Å². The van der Waals surface area contributed by atoms with Crippen LogP contribution >= 0.6 is 11.6 Å². The average molecular weight is 301 g/mol. The molecular formula is C15H22ClFN2O. The van der Waals surface area contributed by atoms with Gasteiger partial charge in [-0.05, 0) is 36.6 Å². The molecule has 3 unspecified atom stereocenters. The van der Waals surface area contributed by atoms with Crippen LogP contribution in [0.5, 0.6) is 0 Å². The number of benzene rings is 1. The average Bonchev–Trinajstić information content (AvgIpc) is 2.43. The number of rotatable bonds is 4. The Kier molecular flexibility index (Phi) is 5.38. The molecule has 5 heteroatoms. The van der Waals surface area contributed by atoms with E-state index in [4.69, 9.17) is 22.1 Å². The zero-order chi connectivity index (χ0) is 14.7. The molecule has 1 aromatic carbocycles. The summed E-state index contributed by atoms with van der Waals surface area (Å²) < 4.78 is 18.7. The first-order chi connectivity index (χ1) is 9.56. The third-order valence-corrected chi connectivity index (χ3v) is 4.54. The third-order valence-electron chi connectivity index (χ3n) is 4.21. The van der Waals surface area contributed by atoms with E-state index >= 15 is 0 Å². The molecule has 2 N–H and O–H groups in total. The second-order valence-electron chi connectivity index (χ2n) is 5.45. The number of methoxy groups -OCH3 is 1. The highest BCUT2D eigenvalue weighted by Crippen LogP contribution is 2.31. The molecule has 1 fully saturated rings. The van der Waals surface area contributed by atoms with Gasteiger partial charge in [-0.15, -0.1) is 0 Å². The lowest BCUT2D eigenvalue weighted by Gasteiger charge is -2.40. The van der Waals surface area contributed by atoms with E-state index < -0.39 is 0 Å². The van der Waals surface area contributed by atoms with Crippen molar-refractivity contribution in [3.8, 4) is 0 Å². The molecule has 0 saturated carbocycles. The number of nitrogens with two attached hydrogens (primary N) is 1. The number of halogens is 2. The zero-order valence-electron chi connectivity index (χ0n) is 12.0. The van der Waals surface area contributed by atoms with Gasteiger partial charge in [0.05, 0.1) is 6.10 Å². The Balaban J connectivity index is 2.19. The van der Waals surface area contributed by atoms with Gasteiger partial charge in [0.15, 0.2) is 0 Å². The van der Waals surface area contributed by atoms with E-state index in [1.165, 1.54) is 12.1 Å². The quantitative estimate of drug-likeness (QED) is 0.929. The molecule has 0 bridgehead atoms. The van der Waals surface area contributed by atoms with E-state index in [0.717, 1.165) is 25.1 Å². The van der Waals surface area contributed by atoms with E-state index in [2.05, 4.69) is 11.8 Å². The molecule has 0 spiro atoms. The summed E-state index contributed by atoms with van der Waals surface area (Å²) in [6.07, 6.45) is 1.27. The van der Waals surface area contributed by atoms with Crippen molar-refractivity contribution in [3.63, 3.8) is 0 Å². The van der Waals surface area contributed by atoms with Gasteiger partial charge in [-0.1, -0.05) is 24.6 Å². The molecule has 0 aromatic heterocycles. The van der Waals surface area contributed by atoms with Gasteiger partial charge in [-0.3, -0.25) is 4.90 Å². The van der Waals surface area contributed by atoms with Crippen LogP contribution in [0, 0.1) is 11.7 Å². The van der Waals surface area contributed by atoms with Crippen LogP contribution in [0.25, 0.3) is 0 Å². The second kappa shape index (κ2) is 6.85. The monoisotopic (exact) mass is 300 g/mol. The molecule has 0 radical (unpaired) electrons. The summed E-state index contributed by atoms with van der Waals surface area (Å²) in [5, 5.41) is 0.438. The van der Waals surface area contributed by atoms with Crippen molar-refractivity contribution >= 4 is 11.6 Å². The molecule has 1 saturated heterocycles. The number of hydrogen-bond acceptors (Lipinski definition) is 3. The lowest BCUT2D eigenvalue weighted by Crippen LogP contribution is -2.47.